The fourth-order valence-electron chi connectivity index (χ4n) is 1.52. The van der Waals surface area contributed by atoms with Crippen LogP contribution in [0.25, 0.3) is 0 Å². The summed E-state index contributed by atoms with van der Waals surface area (Å²) in [4.78, 5) is 11.5. The van der Waals surface area contributed by atoms with Gasteiger partial charge < -0.3 is 15.2 Å². The van der Waals surface area contributed by atoms with Gasteiger partial charge in [0.25, 0.3) is 5.91 Å². The predicted molar refractivity (Wildman–Crippen MR) is 74.2 cm³/mol. The normalized spacial score (nSPS) is 11.9. The minimum Gasteiger partial charge on any atom is -0.484 e. The SMILES string of the molecule is O=C(COc1ccc(F)cc1)NCC(O)c1ccsc1. The summed E-state index contributed by atoms with van der Waals surface area (Å²) in [5.74, 6) is -0.288. The minimum absolute atomic E-state index is 0.127. The highest BCUT2D eigenvalue weighted by Gasteiger charge is 2.10. The maximum atomic E-state index is 12.7. The van der Waals surface area contributed by atoms with Crippen molar-refractivity contribution in [3.8, 4) is 5.75 Å². The molecule has 1 unspecified atom stereocenters. The first kappa shape index (κ1) is 14.5. The maximum Gasteiger partial charge on any atom is 0.258 e. The molecule has 0 aliphatic heterocycles. The number of rotatable bonds is 6. The number of benzene rings is 1. The topological polar surface area (TPSA) is 58.6 Å². The lowest BCUT2D eigenvalue weighted by Gasteiger charge is -2.11. The van der Waals surface area contributed by atoms with Gasteiger partial charge in [0.15, 0.2) is 6.61 Å². The first-order valence-corrected chi connectivity index (χ1v) is 6.94. The van der Waals surface area contributed by atoms with E-state index in [2.05, 4.69) is 5.32 Å². The van der Waals surface area contributed by atoms with Crippen molar-refractivity contribution >= 4 is 17.2 Å². The Kier molecular flexibility index (Phi) is 5.09. The van der Waals surface area contributed by atoms with Gasteiger partial charge in [-0.25, -0.2) is 4.39 Å². The Hall–Kier alpha value is -1.92. The molecule has 1 aromatic carbocycles. The van der Waals surface area contributed by atoms with Crippen molar-refractivity contribution in [2.45, 2.75) is 6.10 Å². The average Bonchev–Trinajstić information content (AvgIpc) is 2.98. The molecule has 4 nitrogen and oxygen atoms in total. The lowest BCUT2D eigenvalue weighted by atomic mass is 10.2. The smallest absolute Gasteiger partial charge is 0.258 e. The van der Waals surface area contributed by atoms with Gasteiger partial charge in [0.05, 0.1) is 6.10 Å². The van der Waals surface area contributed by atoms with Crippen LogP contribution in [0.1, 0.15) is 11.7 Å². The first-order valence-electron chi connectivity index (χ1n) is 6.00. The summed E-state index contributed by atoms with van der Waals surface area (Å²) in [6.45, 7) is -0.0513. The van der Waals surface area contributed by atoms with E-state index >= 15 is 0 Å². The van der Waals surface area contributed by atoms with Gasteiger partial charge in [0.2, 0.25) is 0 Å². The molecular formula is C14H14FNO3S. The van der Waals surface area contributed by atoms with Crippen LogP contribution < -0.4 is 10.1 Å². The number of aliphatic hydroxyl groups is 1. The average molecular weight is 295 g/mol. The van der Waals surface area contributed by atoms with Gasteiger partial charge in [0.1, 0.15) is 11.6 Å². The summed E-state index contributed by atoms with van der Waals surface area (Å²) in [5.41, 5.74) is 0.773. The zero-order valence-corrected chi connectivity index (χ0v) is 11.4. The zero-order chi connectivity index (χ0) is 14.4. The Bertz CT molecular complexity index is 542. The van der Waals surface area contributed by atoms with Crippen LogP contribution in [-0.2, 0) is 4.79 Å². The Morgan fingerprint density at radius 1 is 1.35 bits per heavy atom. The van der Waals surface area contributed by atoms with Gasteiger partial charge in [-0.1, -0.05) is 0 Å². The van der Waals surface area contributed by atoms with Crippen molar-refractivity contribution in [3.05, 3.63) is 52.5 Å². The van der Waals surface area contributed by atoms with Gasteiger partial charge in [-0.05, 0) is 46.7 Å². The van der Waals surface area contributed by atoms with Crippen molar-refractivity contribution in [1.29, 1.82) is 0 Å². The molecule has 0 aliphatic rings. The highest BCUT2D eigenvalue weighted by Crippen LogP contribution is 2.15. The molecule has 0 saturated carbocycles. The number of carbonyl (C=O) groups excluding carboxylic acids is 1. The number of carbonyl (C=O) groups is 1. The molecule has 2 rings (SSSR count). The Morgan fingerprint density at radius 3 is 2.75 bits per heavy atom. The third-order valence-corrected chi connectivity index (χ3v) is 3.31. The number of ether oxygens (including phenoxy) is 1. The Morgan fingerprint density at radius 2 is 2.10 bits per heavy atom. The minimum atomic E-state index is -0.726. The van der Waals surface area contributed by atoms with Crippen LogP contribution in [0.15, 0.2) is 41.1 Å². The van der Waals surface area contributed by atoms with Crippen LogP contribution in [0.5, 0.6) is 5.75 Å². The van der Waals surface area contributed by atoms with E-state index in [1.807, 2.05) is 10.8 Å². The van der Waals surface area contributed by atoms with Gasteiger partial charge in [0, 0.05) is 6.54 Å². The molecule has 106 valence electrons. The van der Waals surface area contributed by atoms with E-state index < -0.39 is 6.10 Å². The van der Waals surface area contributed by atoms with Crippen LogP contribution >= 0.6 is 11.3 Å². The van der Waals surface area contributed by atoms with Crippen molar-refractivity contribution in [2.24, 2.45) is 0 Å². The second kappa shape index (κ2) is 7.02. The molecule has 6 heteroatoms. The quantitative estimate of drug-likeness (QED) is 0.858. The Balaban J connectivity index is 1.71. The van der Waals surface area contributed by atoms with E-state index in [4.69, 9.17) is 4.74 Å². The van der Waals surface area contributed by atoms with E-state index in [1.165, 1.54) is 35.6 Å². The van der Waals surface area contributed by atoms with Crippen LogP contribution in [0, 0.1) is 5.82 Å². The maximum absolute atomic E-state index is 12.7. The molecule has 20 heavy (non-hydrogen) atoms. The molecule has 0 radical (unpaired) electrons. The zero-order valence-electron chi connectivity index (χ0n) is 10.6. The second-order valence-electron chi connectivity index (χ2n) is 4.12. The van der Waals surface area contributed by atoms with Crippen molar-refractivity contribution < 1.29 is 19.0 Å². The fraction of sp³-hybridized carbons (Fsp3) is 0.214. The highest BCUT2D eigenvalue weighted by atomic mass is 32.1. The third-order valence-electron chi connectivity index (χ3n) is 2.60. The van der Waals surface area contributed by atoms with Crippen LogP contribution in [-0.4, -0.2) is 24.2 Å². The number of aliphatic hydroxyl groups excluding tert-OH is 1. The summed E-state index contributed by atoms with van der Waals surface area (Å²) in [6, 6.07) is 7.21. The summed E-state index contributed by atoms with van der Waals surface area (Å²) in [7, 11) is 0. The van der Waals surface area contributed by atoms with E-state index in [0.717, 1.165) is 5.56 Å². The number of nitrogens with one attached hydrogen (secondary N) is 1. The van der Waals surface area contributed by atoms with Crippen LogP contribution in [0.2, 0.25) is 0 Å². The standard InChI is InChI=1S/C14H14FNO3S/c15-11-1-3-12(4-2-11)19-8-14(18)16-7-13(17)10-5-6-20-9-10/h1-6,9,13,17H,7-8H2,(H,16,18). The van der Waals surface area contributed by atoms with Crippen LogP contribution in [0.3, 0.4) is 0 Å². The van der Waals surface area contributed by atoms with Crippen LogP contribution in [0.4, 0.5) is 4.39 Å². The molecule has 0 saturated heterocycles. The monoisotopic (exact) mass is 295 g/mol. The van der Waals surface area contributed by atoms with E-state index in [9.17, 15) is 14.3 Å². The van der Waals surface area contributed by atoms with Gasteiger partial charge >= 0.3 is 0 Å². The lowest BCUT2D eigenvalue weighted by Crippen LogP contribution is -2.32. The van der Waals surface area contributed by atoms with Gasteiger partial charge in [-0.15, -0.1) is 0 Å². The molecule has 1 amide bonds. The molecule has 1 heterocycles. The van der Waals surface area contributed by atoms with Crippen molar-refractivity contribution in [3.63, 3.8) is 0 Å². The predicted octanol–water partition coefficient (Wildman–Crippen LogP) is 2.12. The summed E-state index contributed by atoms with van der Waals surface area (Å²) in [6.07, 6.45) is -0.726. The number of thiophene rings is 1. The summed E-state index contributed by atoms with van der Waals surface area (Å²) >= 11 is 1.48. The second-order valence-corrected chi connectivity index (χ2v) is 4.90. The van der Waals surface area contributed by atoms with Crippen molar-refractivity contribution in [1.82, 2.24) is 5.32 Å². The molecule has 0 bridgehead atoms. The molecular weight excluding hydrogens is 281 g/mol. The van der Waals surface area contributed by atoms with E-state index in [-0.39, 0.29) is 24.9 Å². The molecule has 0 spiro atoms. The number of hydrogen-bond acceptors (Lipinski definition) is 4. The van der Waals surface area contributed by atoms with Crippen molar-refractivity contribution in [2.75, 3.05) is 13.2 Å². The number of halogens is 1. The third kappa shape index (κ3) is 4.32. The summed E-state index contributed by atoms with van der Waals surface area (Å²) in [5, 5.41) is 16.0. The molecule has 0 fully saturated rings. The number of hydrogen-bond donors (Lipinski definition) is 2. The van der Waals surface area contributed by atoms with Gasteiger partial charge in [-0.3, -0.25) is 4.79 Å². The van der Waals surface area contributed by atoms with E-state index in [0.29, 0.717) is 5.75 Å². The highest BCUT2D eigenvalue weighted by molar-refractivity contribution is 7.07. The fourth-order valence-corrected chi connectivity index (χ4v) is 2.23. The molecule has 1 aromatic heterocycles. The molecule has 0 aliphatic carbocycles. The Labute approximate surface area is 119 Å². The number of amides is 1. The molecule has 2 N–H and O–H groups in total. The largest absolute Gasteiger partial charge is 0.484 e. The molecule has 1 atom stereocenters. The van der Waals surface area contributed by atoms with Gasteiger partial charge in [-0.2, -0.15) is 11.3 Å². The summed E-state index contributed by atoms with van der Waals surface area (Å²) < 4.78 is 17.9. The molecule has 2 aromatic rings. The lowest BCUT2D eigenvalue weighted by molar-refractivity contribution is -0.123. The van der Waals surface area contributed by atoms with E-state index in [1.54, 1.807) is 6.07 Å². The first-order chi connectivity index (χ1) is 9.65.